The molecule has 2 aromatic rings. The van der Waals surface area contributed by atoms with Crippen LogP contribution in [0.3, 0.4) is 0 Å². The summed E-state index contributed by atoms with van der Waals surface area (Å²) in [4.78, 5) is 9.19. The van der Waals surface area contributed by atoms with Gasteiger partial charge in [0, 0.05) is 11.9 Å². The molecule has 1 fully saturated rings. The van der Waals surface area contributed by atoms with Crippen LogP contribution in [-0.2, 0) is 6.61 Å². The topological polar surface area (TPSA) is 21.2 Å². The van der Waals surface area contributed by atoms with Crippen LogP contribution in [-0.4, -0.2) is 6.67 Å². The van der Waals surface area contributed by atoms with Crippen LogP contribution >= 0.6 is 0 Å². The van der Waals surface area contributed by atoms with E-state index in [4.69, 9.17) is 17.9 Å². The van der Waals surface area contributed by atoms with Crippen molar-refractivity contribution in [2.45, 2.75) is 38.7 Å². The summed E-state index contributed by atoms with van der Waals surface area (Å²) in [5, 5.41) is 0. The third-order valence-corrected chi connectivity index (χ3v) is 5.08. The fraction of sp³-hybridized carbons (Fsp3) is 0.333. The maximum Gasteiger partial charge on any atom is 0.292 e. The Bertz CT molecular complexity index is 853. The van der Waals surface area contributed by atoms with E-state index < -0.39 is 0 Å². The minimum atomic E-state index is 0.204. The first-order chi connectivity index (χ1) is 13.8. The van der Waals surface area contributed by atoms with Crippen LogP contribution in [0.5, 0.6) is 5.75 Å². The van der Waals surface area contributed by atoms with Crippen molar-refractivity contribution in [2.24, 2.45) is 5.92 Å². The average molecular weight is 371 g/mol. The smallest absolute Gasteiger partial charge is 0.292 e. The summed E-state index contributed by atoms with van der Waals surface area (Å²) in [7, 11) is 0. The lowest BCUT2D eigenvalue weighted by Gasteiger charge is -2.23. The van der Waals surface area contributed by atoms with E-state index in [1.54, 1.807) is 0 Å². The second kappa shape index (κ2) is 10.2. The predicted molar refractivity (Wildman–Crippen MR) is 112 cm³/mol. The van der Waals surface area contributed by atoms with E-state index in [9.17, 15) is 0 Å². The van der Waals surface area contributed by atoms with Gasteiger partial charge in [0.2, 0.25) is 0 Å². The molecule has 0 unspecified atom stereocenters. The van der Waals surface area contributed by atoms with E-state index in [1.165, 1.54) is 19.3 Å². The quantitative estimate of drug-likeness (QED) is 0.533. The maximum atomic E-state index is 7.59. The Morgan fingerprint density at radius 3 is 2.36 bits per heavy atom. The first kappa shape index (κ1) is 19.5. The van der Waals surface area contributed by atoms with Gasteiger partial charge in [-0.3, -0.25) is 9.74 Å². The third-order valence-electron chi connectivity index (χ3n) is 5.08. The second-order valence-corrected chi connectivity index (χ2v) is 7.04. The summed E-state index contributed by atoms with van der Waals surface area (Å²) in [6, 6.07) is 17.8. The molecule has 0 heterocycles. The molecule has 0 saturated heterocycles. The van der Waals surface area contributed by atoms with Gasteiger partial charge in [-0.25, -0.2) is 11.4 Å². The van der Waals surface area contributed by atoms with Crippen molar-refractivity contribution < 1.29 is 4.74 Å². The van der Waals surface area contributed by atoms with Gasteiger partial charge in [0.15, 0.2) is 5.70 Å². The Morgan fingerprint density at radius 1 is 1.00 bits per heavy atom. The molecule has 4 heteroatoms. The third kappa shape index (κ3) is 5.38. The van der Waals surface area contributed by atoms with Crippen LogP contribution in [0.4, 0.5) is 5.69 Å². The van der Waals surface area contributed by atoms with Gasteiger partial charge in [0.25, 0.3) is 6.67 Å². The zero-order chi connectivity index (χ0) is 19.6. The summed E-state index contributed by atoms with van der Waals surface area (Å²) in [6.45, 7) is 15.6. The number of benzene rings is 2. The number of nitrogens with zero attached hydrogens (tertiary/aromatic N) is 3. The van der Waals surface area contributed by atoms with Crippen molar-refractivity contribution in [2.75, 3.05) is 11.6 Å². The summed E-state index contributed by atoms with van der Waals surface area (Å²) in [5.74, 6) is 1.12. The van der Waals surface area contributed by atoms with Gasteiger partial charge in [-0.1, -0.05) is 62.4 Å². The Balaban J connectivity index is 1.70. The van der Waals surface area contributed by atoms with Crippen molar-refractivity contribution in [1.82, 2.24) is 0 Å². The molecular weight excluding hydrogens is 346 g/mol. The molecule has 142 valence electrons. The Hall–Kier alpha value is -3.24. The second-order valence-electron chi connectivity index (χ2n) is 7.04. The van der Waals surface area contributed by atoms with Crippen LogP contribution in [0, 0.1) is 19.1 Å². The van der Waals surface area contributed by atoms with E-state index in [-0.39, 0.29) is 6.67 Å². The van der Waals surface area contributed by atoms with Crippen LogP contribution in [0.15, 0.2) is 66.5 Å². The molecule has 0 radical (unpaired) electrons. The minimum absolute atomic E-state index is 0.204. The van der Waals surface area contributed by atoms with Gasteiger partial charge in [0.1, 0.15) is 12.4 Å². The van der Waals surface area contributed by atoms with Crippen LogP contribution in [0.2, 0.25) is 0 Å². The first-order valence-corrected chi connectivity index (χ1v) is 9.76. The van der Waals surface area contributed by atoms with Crippen molar-refractivity contribution in [1.29, 1.82) is 0 Å². The monoisotopic (exact) mass is 371 g/mol. The zero-order valence-electron chi connectivity index (χ0n) is 16.1. The van der Waals surface area contributed by atoms with Crippen LogP contribution in [0.1, 0.15) is 37.7 Å². The van der Waals surface area contributed by atoms with E-state index in [2.05, 4.69) is 9.69 Å². The molecule has 1 saturated carbocycles. The highest BCUT2D eigenvalue weighted by Crippen LogP contribution is 2.31. The summed E-state index contributed by atoms with van der Waals surface area (Å²) in [6.07, 6.45) is 7.67. The molecule has 28 heavy (non-hydrogen) atoms. The van der Waals surface area contributed by atoms with Gasteiger partial charge >= 0.3 is 0 Å². The average Bonchev–Trinajstić information content (AvgIpc) is 2.77. The highest BCUT2D eigenvalue weighted by molar-refractivity contribution is 5.52. The molecule has 0 spiro atoms. The zero-order valence-corrected chi connectivity index (χ0v) is 16.1. The number of hydrogen-bond donors (Lipinski definition) is 0. The maximum absolute atomic E-state index is 7.59. The molecular formula is C24H25N3O. The molecule has 3 rings (SSSR count). The summed E-state index contributed by atoms with van der Waals surface area (Å²) >= 11 is 0. The molecule has 1 aliphatic rings. The molecule has 0 bridgehead atoms. The lowest BCUT2D eigenvalue weighted by Crippen LogP contribution is -2.18. The number of anilines is 1. The van der Waals surface area contributed by atoms with Crippen molar-refractivity contribution in [3.05, 3.63) is 94.9 Å². The van der Waals surface area contributed by atoms with E-state index >= 15 is 0 Å². The lowest BCUT2D eigenvalue weighted by molar-refractivity contribution is 0.306. The summed E-state index contributed by atoms with van der Waals surface area (Å²) in [5.41, 5.74) is 2.80. The minimum Gasteiger partial charge on any atom is -0.489 e. The standard InChI is InChI=1S/C24H25N3O/c1-25-19-27(17-24(26-2)21-11-7-4-8-12-21)22-13-15-23(16-14-22)28-18-20-9-5-3-6-10-20/h3,5-6,9-10,13-17,21H,4,7-8,11-12,18-19H2/b24-17-. The van der Waals surface area contributed by atoms with Gasteiger partial charge in [-0.05, 0) is 35.7 Å². The molecule has 4 nitrogen and oxygen atoms in total. The van der Waals surface area contributed by atoms with E-state index in [0.717, 1.165) is 35.5 Å². The van der Waals surface area contributed by atoms with Crippen LogP contribution in [0.25, 0.3) is 9.69 Å². The van der Waals surface area contributed by atoms with E-state index in [0.29, 0.717) is 12.5 Å². The fourth-order valence-corrected chi connectivity index (χ4v) is 3.53. The first-order valence-electron chi connectivity index (χ1n) is 9.76. The molecule has 0 aromatic heterocycles. The van der Waals surface area contributed by atoms with Gasteiger partial charge in [-0.2, -0.15) is 0 Å². The molecule has 1 aliphatic carbocycles. The van der Waals surface area contributed by atoms with Gasteiger partial charge < -0.3 is 4.74 Å². The predicted octanol–water partition coefficient (Wildman–Crippen LogP) is 6.29. The van der Waals surface area contributed by atoms with E-state index in [1.807, 2.05) is 65.7 Å². The normalized spacial score (nSPS) is 14.7. The fourth-order valence-electron chi connectivity index (χ4n) is 3.53. The highest BCUT2D eigenvalue weighted by atomic mass is 16.5. The highest BCUT2D eigenvalue weighted by Gasteiger charge is 2.20. The molecule has 0 aliphatic heterocycles. The van der Waals surface area contributed by atoms with Crippen molar-refractivity contribution in [3.8, 4) is 5.75 Å². The number of ether oxygens (including phenoxy) is 1. The van der Waals surface area contributed by atoms with Crippen LogP contribution < -0.4 is 9.64 Å². The largest absolute Gasteiger partial charge is 0.489 e. The Kier molecular flexibility index (Phi) is 7.10. The van der Waals surface area contributed by atoms with Crippen molar-refractivity contribution in [3.63, 3.8) is 0 Å². The van der Waals surface area contributed by atoms with Gasteiger partial charge in [0.05, 0.1) is 6.57 Å². The number of rotatable bonds is 7. The lowest BCUT2D eigenvalue weighted by atomic mass is 9.87. The Labute approximate surface area is 167 Å². The SMILES string of the molecule is [C-]#[N+]CN(/C=C(\[N+]#[C-])C1CCCCC1)c1ccc(OCc2ccccc2)cc1. The Morgan fingerprint density at radius 2 is 1.71 bits per heavy atom. The molecule has 2 aromatic carbocycles. The number of hydrogen-bond acceptors (Lipinski definition) is 2. The molecule has 0 N–H and O–H groups in total. The summed E-state index contributed by atoms with van der Waals surface area (Å²) < 4.78 is 5.84. The van der Waals surface area contributed by atoms with Crippen molar-refractivity contribution >= 4 is 5.69 Å². The molecule has 0 atom stereocenters. The van der Waals surface area contributed by atoms with Gasteiger partial charge in [-0.15, -0.1) is 0 Å². The number of allylic oxidation sites excluding steroid dienone is 1. The molecule has 0 amide bonds.